The number of thiol groups is 1. The van der Waals surface area contributed by atoms with Gasteiger partial charge in [-0.25, -0.2) is 4.79 Å². The molecule has 0 unspecified atom stereocenters. The predicted molar refractivity (Wildman–Crippen MR) is 147 cm³/mol. The summed E-state index contributed by atoms with van der Waals surface area (Å²) in [6.07, 6.45) is 4.10. The lowest BCUT2D eigenvalue weighted by molar-refractivity contribution is -0.122. The van der Waals surface area contributed by atoms with Crippen molar-refractivity contribution < 1.29 is 38.0 Å². The van der Waals surface area contributed by atoms with Gasteiger partial charge in [0.2, 0.25) is 5.91 Å². The zero-order valence-electron chi connectivity index (χ0n) is 23.5. The molecule has 0 aromatic heterocycles. The minimum absolute atomic E-state index is 0.0572. The van der Waals surface area contributed by atoms with Gasteiger partial charge in [0.15, 0.2) is 0 Å². The Bertz CT molecular complexity index is 535. The van der Waals surface area contributed by atoms with Gasteiger partial charge in [0.25, 0.3) is 0 Å². The van der Waals surface area contributed by atoms with Crippen LogP contribution in [-0.4, -0.2) is 103 Å². The summed E-state index contributed by atoms with van der Waals surface area (Å²) >= 11 is 4.45. The molecule has 10 nitrogen and oxygen atoms in total. The van der Waals surface area contributed by atoms with Gasteiger partial charge in [-0.1, -0.05) is 27.7 Å². The van der Waals surface area contributed by atoms with Crippen molar-refractivity contribution in [1.82, 2.24) is 10.6 Å². The number of alkyl carbamates (subject to hydrolysis) is 1. The monoisotopic (exact) mass is 552 g/mol. The Morgan fingerprint density at radius 2 is 1.16 bits per heavy atom. The highest BCUT2D eigenvalue weighted by Gasteiger charge is 2.20. The molecular formula is C26H52N2O8S. The van der Waals surface area contributed by atoms with Crippen LogP contribution in [0.3, 0.4) is 0 Å². The van der Waals surface area contributed by atoms with Crippen molar-refractivity contribution in [3.8, 4) is 0 Å². The highest BCUT2D eigenvalue weighted by Crippen LogP contribution is 2.22. The topological polar surface area (TPSA) is 114 Å². The Morgan fingerprint density at radius 1 is 0.730 bits per heavy atom. The van der Waals surface area contributed by atoms with Crippen molar-refractivity contribution in [3.05, 3.63) is 0 Å². The maximum absolute atomic E-state index is 11.7. The van der Waals surface area contributed by atoms with Crippen molar-refractivity contribution in [2.75, 3.05) is 79.2 Å². The lowest BCUT2D eigenvalue weighted by Crippen LogP contribution is -2.38. The average molecular weight is 553 g/mol. The summed E-state index contributed by atoms with van der Waals surface area (Å²) in [4.78, 5) is 23.2. The van der Waals surface area contributed by atoms with Crippen LogP contribution in [0.2, 0.25) is 0 Å². The summed E-state index contributed by atoms with van der Waals surface area (Å²) < 4.78 is 32.2. The molecule has 1 aliphatic rings. The van der Waals surface area contributed by atoms with E-state index in [2.05, 4.69) is 23.3 Å². The molecule has 0 aromatic rings. The second kappa shape index (κ2) is 26.5. The van der Waals surface area contributed by atoms with Crippen molar-refractivity contribution in [3.63, 3.8) is 0 Å². The SMILES string of the molecule is CC.CC(C)CC(=O)NCCOCCOCCOCCOCCOCCOC(=O)NC1CCC(S)CC1. The fourth-order valence-electron chi connectivity index (χ4n) is 3.31. The van der Waals surface area contributed by atoms with Crippen LogP contribution in [0.4, 0.5) is 4.79 Å². The molecule has 0 saturated heterocycles. The summed E-state index contributed by atoms with van der Waals surface area (Å²) in [5, 5.41) is 6.15. The van der Waals surface area contributed by atoms with E-state index >= 15 is 0 Å². The predicted octanol–water partition coefficient (Wildman–Crippen LogP) is 3.23. The largest absolute Gasteiger partial charge is 0.447 e. The Morgan fingerprint density at radius 3 is 1.62 bits per heavy atom. The molecule has 2 N–H and O–H groups in total. The van der Waals surface area contributed by atoms with Crippen LogP contribution in [0.25, 0.3) is 0 Å². The van der Waals surface area contributed by atoms with E-state index in [9.17, 15) is 9.59 Å². The number of hydrogen-bond acceptors (Lipinski definition) is 9. The number of hydrogen-bond donors (Lipinski definition) is 3. The maximum Gasteiger partial charge on any atom is 0.407 e. The Hall–Kier alpha value is -1.11. The van der Waals surface area contributed by atoms with E-state index in [4.69, 9.17) is 28.4 Å². The second-order valence-corrected chi connectivity index (χ2v) is 9.53. The van der Waals surface area contributed by atoms with Gasteiger partial charge in [-0.3, -0.25) is 4.79 Å². The van der Waals surface area contributed by atoms with Crippen LogP contribution >= 0.6 is 12.6 Å². The van der Waals surface area contributed by atoms with Crippen molar-refractivity contribution in [2.45, 2.75) is 71.1 Å². The van der Waals surface area contributed by atoms with Crippen LogP contribution in [0.1, 0.15) is 59.8 Å². The molecule has 220 valence electrons. The quantitative estimate of drug-likeness (QED) is 0.147. The summed E-state index contributed by atoms with van der Waals surface area (Å²) in [7, 11) is 0. The standard InChI is InChI=1S/C24H46N2O8S.C2H6/c1-20(2)19-23(27)25-7-8-29-9-10-30-11-12-31-13-14-32-15-16-33-17-18-34-24(28)26-21-3-5-22(35)6-4-21;1-2/h20-22,35H,3-19H2,1-2H3,(H,25,27)(H,26,28);1-2H3. The highest BCUT2D eigenvalue weighted by molar-refractivity contribution is 7.80. The fraction of sp³-hybridized carbons (Fsp3) is 0.923. The first kappa shape index (κ1) is 35.9. The first-order valence-corrected chi connectivity index (χ1v) is 14.3. The van der Waals surface area contributed by atoms with Crippen molar-refractivity contribution >= 4 is 24.6 Å². The second-order valence-electron chi connectivity index (χ2n) is 8.80. The molecule has 1 fully saturated rings. The molecular weight excluding hydrogens is 500 g/mol. The zero-order valence-corrected chi connectivity index (χ0v) is 24.4. The third-order valence-corrected chi connectivity index (χ3v) is 5.65. The maximum atomic E-state index is 11.7. The molecule has 37 heavy (non-hydrogen) atoms. The van der Waals surface area contributed by atoms with E-state index in [1.807, 2.05) is 27.7 Å². The summed E-state index contributed by atoms with van der Waals surface area (Å²) in [6.45, 7) is 13.4. The van der Waals surface area contributed by atoms with Gasteiger partial charge in [0, 0.05) is 24.3 Å². The van der Waals surface area contributed by atoms with Gasteiger partial charge in [-0.05, 0) is 31.6 Å². The van der Waals surface area contributed by atoms with Gasteiger partial charge in [-0.2, -0.15) is 12.6 Å². The van der Waals surface area contributed by atoms with E-state index in [-0.39, 0.29) is 24.6 Å². The highest BCUT2D eigenvalue weighted by atomic mass is 32.1. The van der Waals surface area contributed by atoms with E-state index in [1.54, 1.807) is 0 Å². The average Bonchev–Trinajstić information content (AvgIpc) is 2.87. The lowest BCUT2D eigenvalue weighted by atomic mass is 9.95. The van der Waals surface area contributed by atoms with Gasteiger partial charge in [0.05, 0.1) is 66.1 Å². The van der Waals surface area contributed by atoms with Crippen LogP contribution in [0, 0.1) is 5.92 Å². The summed E-state index contributed by atoms with van der Waals surface area (Å²) in [5.41, 5.74) is 0. The van der Waals surface area contributed by atoms with E-state index in [0.29, 0.717) is 90.2 Å². The van der Waals surface area contributed by atoms with Crippen molar-refractivity contribution in [2.24, 2.45) is 5.92 Å². The third kappa shape index (κ3) is 25.0. The van der Waals surface area contributed by atoms with Crippen LogP contribution in [-0.2, 0) is 33.2 Å². The molecule has 0 heterocycles. The molecule has 0 bridgehead atoms. The van der Waals surface area contributed by atoms with Gasteiger partial charge in [-0.15, -0.1) is 0 Å². The number of carbonyl (C=O) groups is 2. The van der Waals surface area contributed by atoms with Gasteiger partial charge >= 0.3 is 6.09 Å². The number of ether oxygens (including phenoxy) is 6. The molecule has 1 saturated carbocycles. The van der Waals surface area contributed by atoms with Gasteiger partial charge < -0.3 is 39.1 Å². The Kier molecular flexibility index (Phi) is 25.7. The molecule has 0 aromatic carbocycles. The zero-order chi connectivity index (χ0) is 27.6. The minimum atomic E-state index is -0.386. The van der Waals surface area contributed by atoms with Crippen molar-refractivity contribution in [1.29, 1.82) is 0 Å². The molecule has 2 amide bonds. The first-order valence-electron chi connectivity index (χ1n) is 13.7. The molecule has 11 heteroatoms. The number of carbonyl (C=O) groups excluding carboxylic acids is 2. The van der Waals surface area contributed by atoms with Gasteiger partial charge in [0.1, 0.15) is 6.61 Å². The third-order valence-electron chi connectivity index (χ3n) is 5.13. The number of rotatable bonds is 21. The van der Waals surface area contributed by atoms with E-state index in [1.165, 1.54) is 0 Å². The molecule has 0 atom stereocenters. The van der Waals surface area contributed by atoms with Crippen LogP contribution in [0.5, 0.6) is 0 Å². The summed E-state index contributed by atoms with van der Waals surface area (Å²) in [5.74, 6) is 0.416. The van der Waals surface area contributed by atoms with E-state index in [0.717, 1.165) is 25.7 Å². The fourth-order valence-corrected chi connectivity index (χ4v) is 3.61. The first-order chi connectivity index (χ1) is 18.0. The number of nitrogens with one attached hydrogen (secondary N) is 2. The molecule has 1 aliphatic carbocycles. The lowest BCUT2D eigenvalue weighted by Gasteiger charge is -2.26. The molecule has 0 spiro atoms. The van der Waals surface area contributed by atoms with Crippen LogP contribution in [0.15, 0.2) is 0 Å². The normalized spacial score (nSPS) is 17.1. The molecule has 0 radical (unpaired) electrons. The molecule has 1 rings (SSSR count). The Balaban J connectivity index is 0.00000631. The smallest absolute Gasteiger partial charge is 0.407 e. The van der Waals surface area contributed by atoms with Crippen LogP contribution < -0.4 is 10.6 Å². The minimum Gasteiger partial charge on any atom is -0.447 e. The number of amides is 2. The molecule has 0 aliphatic heterocycles. The van der Waals surface area contributed by atoms with E-state index < -0.39 is 0 Å². The summed E-state index contributed by atoms with van der Waals surface area (Å²) in [6, 6.07) is 0.189. The Labute approximate surface area is 229 Å².